The molecule has 0 spiro atoms. The van der Waals surface area contributed by atoms with Gasteiger partial charge in [0.2, 0.25) is 5.89 Å². The van der Waals surface area contributed by atoms with Gasteiger partial charge in [-0.1, -0.05) is 0 Å². The molecular formula is C19H18F2N4O2. The molecule has 140 valence electrons. The molecule has 0 N–H and O–H groups in total. The molecule has 0 saturated carbocycles. The Morgan fingerprint density at radius 3 is 2.11 bits per heavy atom. The van der Waals surface area contributed by atoms with E-state index in [1.807, 2.05) is 0 Å². The Bertz CT molecular complexity index is 959. The zero-order chi connectivity index (χ0) is 18.8. The first-order valence-electron chi connectivity index (χ1n) is 8.65. The summed E-state index contributed by atoms with van der Waals surface area (Å²) < 4.78 is 32.5. The predicted molar refractivity (Wildman–Crippen MR) is 96.3 cm³/mol. The van der Waals surface area contributed by atoms with E-state index in [9.17, 15) is 13.6 Å². The van der Waals surface area contributed by atoms with Crippen molar-refractivity contribution in [3.63, 3.8) is 0 Å². The van der Waals surface area contributed by atoms with Crippen LogP contribution in [-0.2, 0) is 6.67 Å². The number of halogens is 2. The van der Waals surface area contributed by atoms with E-state index in [1.54, 1.807) is 12.1 Å². The molecule has 3 aromatic rings. The van der Waals surface area contributed by atoms with Crippen LogP contribution in [-0.4, -0.2) is 40.9 Å². The molecule has 1 fully saturated rings. The largest absolute Gasteiger partial charge is 0.438 e. The average molecular weight is 372 g/mol. The maximum Gasteiger partial charge on any atom is 0.438 e. The van der Waals surface area contributed by atoms with Crippen molar-refractivity contribution in [2.24, 2.45) is 0 Å². The molecule has 0 atom stereocenters. The second-order valence-electron chi connectivity index (χ2n) is 6.40. The summed E-state index contributed by atoms with van der Waals surface area (Å²) in [5, 5.41) is 4.21. The van der Waals surface area contributed by atoms with Gasteiger partial charge < -0.3 is 9.32 Å². The van der Waals surface area contributed by atoms with Crippen LogP contribution in [0.1, 0.15) is 0 Å². The van der Waals surface area contributed by atoms with Gasteiger partial charge in [0.1, 0.15) is 18.3 Å². The van der Waals surface area contributed by atoms with E-state index in [-0.39, 0.29) is 17.5 Å². The molecule has 8 heteroatoms. The highest BCUT2D eigenvalue weighted by atomic mass is 19.1. The molecule has 2 heterocycles. The molecule has 0 unspecified atom stereocenters. The molecule has 0 bridgehead atoms. The van der Waals surface area contributed by atoms with Gasteiger partial charge in [-0.3, -0.25) is 4.90 Å². The quantitative estimate of drug-likeness (QED) is 0.705. The van der Waals surface area contributed by atoms with Gasteiger partial charge in [-0.2, -0.15) is 4.68 Å². The summed E-state index contributed by atoms with van der Waals surface area (Å²) >= 11 is 0. The van der Waals surface area contributed by atoms with Gasteiger partial charge in [-0.05, 0) is 48.5 Å². The molecule has 1 aliphatic rings. The molecule has 0 aliphatic carbocycles. The average Bonchev–Trinajstić information content (AvgIpc) is 3.04. The highest BCUT2D eigenvalue weighted by Gasteiger charge is 2.19. The lowest BCUT2D eigenvalue weighted by molar-refractivity contribution is 0.189. The molecule has 27 heavy (non-hydrogen) atoms. The topological polar surface area (TPSA) is 54.5 Å². The predicted octanol–water partition coefficient (Wildman–Crippen LogP) is 2.56. The van der Waals surface area contributed by atoms with Crippen LogP contribution in [0.5, 0.6) is 0 Å². The Morgan fingerprint density at radius 2 is 1.48 bits per heavy atom. The van der Waals surface area contributed by atoms with Gasteiger partial charge in [-0.25, -0.2) is 13.6 Å². The fourth-order valence-electron chi connectivity index (χ4n) is 3.09. The summed E-state index contributed by atoms with van der Waals surface area (Å²) in [6.07, 6.45) is 0. The molecule has 4 rings (SSSR count). The maximum atomic E-state index is 13.0. The third-order valence-corrected chi connectivity index (χ3v) is 4.60. The zero-order valence-electron chi connectivity index (χ0n) is 14.5. The standard InChI is InChI=1S/C19H18F2N4O2/c20-15-3-1-14(2-4-15)18-22-25(19(26)27-18)13-23-9-11-24(12-10-23)17-7-5-16(21)6-8-17/h1-8H,9-13H2. The minimum absolute atomic E-state index is 0.171. The summed E-state index contributed by atoms with van der Waals surface area (Å²) in [6, 6.07) is 12.1. The Labute approximate surface area is 154 Å². The first kappa shape index (κ1) is 17.4. The van der Waals surface area contributed by atoms with Crippen LogP contribution in [0.2, 0.25) is 0 Å². The normalized spacial score (nSPS) is 15.3. The van der Waals surface area contributed by atoms with Gasteiger partial charge in [0, 0.05) is 37.4 Å². The number of aromatic nitrogens is 2. The first-order valence-corrected chi connectivity index (χ1v) is 8.65. The number of nitrogens with zero attached hydrogens (tertiary/aromatic N) is 4. The molecule has 2 aromatic carbocycles. The molecule has 0 amide bonds. The monoisotopic (exact) mass is 372 g/mol. The summed E-state index contributed by atoms with van der Waals surface area (Å²) in [5.41, 5.74) is 1.53. The van der Waals surface area contributed by atoms with Crippen LogP contribution in [0.4, 0.5) is 14.5 Å². The molecule has 1 aromatic heterocycles. The van der Waals surface area contributed by atoms with Crippen molar-refractivity contribution >= 4 is 5.69 Å². The first-order chi connectivity index (χ1) is 13.1. The lowest BCUT2D eigenvalue weighted by Crippen LogP contribution is -2.47. The summed E-state index contributed by atoms with van der Waals surface area (Å²) in [7, 11) is 0. The Morgan fingerprint density at radius 1 is 0.889 bits per heavy atom. The number of hydrogen-bond donors (Lipinski definition) is 0. The van der Waals surface area contributed by atoms with Gasteiger partial charge in [0.25, 0.3) is 0 Å². The van der Waals surface area contributed by atoms with E-state index in [0.717, 1.165) is 31.9 Å². The van der Waals surface area contributed by atoms with Crippen LogP contribution in [0.15, 0.2) is 57.7 Å². The summed E-state index contributed by atoms with van der Waals surface area (Å²) in [6.45, 7) is 3.33. The maximum absolute atomic E-state index is 13.0. The van der Waals surface area contributed by atoms with Crippen molar-refractivity contribution in [1.82, 2.24) is 14.7 Å². The SMILES string of the molecule is O=c1oc(-c2ccc(F)cc2)nn1CN1CCN(c2ccc(F)cc2)CC1. The van der Waals surface area contributed by atoms with Crippen molar-refractivity contribution in [3.05, 3.63) is 70.7 Å². The second-order valence-corrected chi connectivity index (χ2v) is 6.40. The van der Waals surface area contributed by atoms with Crippen LogP contribution >= 0.6 is 0 Å². The van der Waals surface area contributed by atoms with E-state index < -0.39 is 5.76 Å². The number of hydrogen-bond acceptors (Lipinski definition) is 5. The number of piperazine rings is 1. The zero-order valence-corrected chi connectivity index (χ0v) is 14.5. The highest BCUT2D eigenvalue weighted by Crippen LogP contribution is 2.18. The lowest BCUT2D eigenvalue weighted by Gasteiger charge is -2.35. The van der Waals surface area contributed by atoms with Gasteiger partial charge in [-0.15, -0.1) is 5.10 Å². The van der Waals surface area contributed by atoms with Gasteiger partial charge in [0.05, 0.1) is 0 Å². The van der Waals surface area contributed by atoms with Crippen LogP contribution in [0.3, 0.4) is 0 Å². The smallest absolute Gasteiger partial charge is 0.388 e. The second kappa shape index (κ2) is 7.32. The van der Waals surface area contributed by atoms with Crippen molar-refractivity contribution in [2.75, 3.05) is 31.1 Å². The lowest BCUT2D eigenvalue weighted by atomic mass is 10.2. The molecule has 0 radical (unpaired) electrons. The molecular weight excluding hydrogens is 354 g/mol. The van der Waals surface area contributed by atoms with E-state index in [2.05, 4.69) is 14.9 Å². The molecule has 1 aliphatic heterocycles. The fraction of sp³-hybridized carbons (Fsp3) is 0.263. The van der Waals surface area contributed by atoms with E-state index in [1.165, 1.54) is 41.1 Å². The molecule has 6 nitrogen and oxygen atoms in total. The van der Waals surface area contributed by atoms with Crippen LogP contribution in [0, 0.1) is 11.6 Å². The number of benzene rings is 2. The summed E-state index contributed by atoms with van der Waals surface area (Å²) in [4.78, 5) is 16.3. The minimum Gasteiger partial charge on any atom is -0.388 e. The van der Waals surface area contributed by atoms with E-state index in [4.69, 9.17) is 4.42 Å². The van der Waals surface area contributed by atoms with Crippen LogP contribution < -0.4 is 10.7 Å². The Hall–Kier alpha value is -3.00. The van der Waals surface area contributed by atoms with E-state index >= 15 is 0 Å². The molecule has 1 saturated heterocycles. The van der Waals surface area contributed by atoms with Crippen molar-refractivity contribution in [3.8, 4) is 11.5 Å². The third kappa shape index (κ3) is 3.90. The Balaban J connectivity index is 1.40. The van der Waals surface area contributed by atoms with Crippen molar-refractivity contribution in [2.45, 2.75) is 6.67 Å². The highest BCUT2D eigenvalue weighted by molar-refractivity contribution is 5.51. The van der Waals surface area contributed by atoms with Crippen molar-refractivity contribution in [1.29, 1.82) is 0 Å². The Kier molecular flexibility index (Phi) is 4.72. The van der Waals surface area contributed by atoms with E-state index in [0.29, 0.717) is 12.2 Å². The van der Waals surface area contributed by atoms with Crippen molar-refractivity contribution < 1.29 is 13.2 Å². The summed E-state index contributed by atoms with van der Waals surface area (Å²) in [5.74, 6) is -0.987. The van der Waals surface area contributed by atoms with Crippen LogP contribution in [0.25, 0.3) is 11.5 Å². The number of rotatable bonds is 4. The fourth-order valence-corrected chi connectivity index (χ4v) is 3.09. The third-order valence-electron chi connectivity index (χ3n) is 4.60. The minimum atomic E-state index is -0.546. The number of anilines is 1. The van der Waals surface area contributed by atoms with Gasteiger partial charge >= 0.3 is 5.76 Å². The van der Waals surface area contributed by atoms with Gasteiger partial charge in [0.15, 0.2) is 0 Å².